The summed E-state index contributed by atoms with van der Waals surface area (Å²) in [7, 11) is 2.12. The largest absolute Gasteiger partial charge is 0.477 e. The number of aryl methyl sites for hydroxylation is 1. The van der Waals surface area contributed by atoms with Crippen molar-refractivity contribution in [3.63, 3.8) is 0 Å². The molecular weight excluding hydrogens is 244 g/mol. The van der Waals surface area contributed by atoms with Gasteiger partial charge in [-0.05, 0) is 39.4 Å². The van der Waals surface area contributed by atoms with E-state index in [0.717, 1.165) is 19.5 Å². The molecule has 1 atom stereocenters. The lowest BCUT2D eigenvalue weighted by Gasteiger charge is -2.32. The van der Waals surface area contributed by atoms with Gasteiger partial charge in [-0.15, -0.1) is 0 Å². The van der Waals surface area contributed by atoms with E-state index in [9.17, 15) is 4.79 Å². The van der Waals surface area contributed by atoms with Crippen LogP contribution in [0.5, 0.6) is 0 Å². The molecule has 2 rings (SSSR count). The van der Waals surface area contributed by atoms with Gasteiger partial charge in [0.1, 0.15) is 0 Å². The second-order valence-electron chi connectivity index (χ2n) is 5.03. The van der Waals surface area contributed by atoms with E-state index in [1.807, 2.05) is 0 Å². The normalized spacial score (nSPS) is 20.2. The van der Waals surface area contributed by atoms with E-state index in [2.05, 4.69) is 27.2 Å². The molecule has 2 N–H and O–H groups in total. The van der Waals surface area contributed by atoms with Crippen molar-refractivity contribution in [1.29, 1.82) is 0 Å². The van der Waals surface area contributed by atoms with Crippen LogP contribution in [0.25, 0.3) is 0 Å². The number of anilines is 1. The number of nitrogens with one attached hydrogen (secondary N) is 1. The van der Waals surface area contributed by atoms with Crippen LogP contribution in [0.15, 0.2) is 6.07 Å². The van der Waals surface area contributed by atoms with Gasteiger partial charge in [-0.3, -0.25) is 0 Å². The fourth-order valence-electron chi connectivity index (χ4n) is 2.37. The maximum Gasteiger partial charge on any atom is 0.354 e. The predicted molar refractivity (Wildman–Crippen MR) is 72.5 cm³/mol. The first-order chi connectivity index (χ1) is 9.06. The van der Waals surface area contributed by atoms with Crippen molar-refractivity contribution in [2.45, 2.75) is 32.2 Å². The van der Waals surface area contributed by atoms with Crippen molar-refractivity contribution in [3.05, 3.63) is 17.5 Å². The fourth-order valence-corrected chi connectivity index (χ4v) is 2.37. The minimum Gasteiger partial charge on any atom is -0.477 e. The first-order valence-corrected chi connectivity index (χ1v) is 6.59. The van der Waals surface area contributed by atoms with Crippen LogP contribution in [0, 0.1) is 6.92 Å². The maximum atomic E-state index is 10.9. The Labute approximate surface area is 112 Å². The first-order valence-electron chi connectivity index (χ1n) is 6.59. The molecule has 0 bridgehead atoms. The topological polar surface area (TPSA) is 78.3 Å². The molecule has 1 saturated heterocycles. The van der Waals surface area contributed by atoms with Crippen LogP contribution >= 0.6 is 0 Å². The number of hydrogen-bond acceptors (Lipinski definition) is 5. The van der Waals surface area contributed by atoms with Crippen LogP contribution in [-0.2, 0) is 0 Å². The molecule has 2 heterocycles. The van der Waals surface area contributed by atoms with E-state index < -0.39 is 5.97 Å². The van der Waals surface area contributed by atoms with E-state index in [1.54, 1.807) is 6.92 Å². The van der Waals surface area contributed by atoms with Crippen molar-refractivity contribution in [3.8, 4) is 0 Å². The van der Waals surface area contributed by atoms with E-state index >= 15 is 0 Å². The Morgan fingerprint density at radius 3 is 3.00 bits per heavy atom. The van der Waals surface area contributed by atoms with Crippen LogP contribution in [0.1, 0.15) is 35.4 Å². The zero-order valence-electron chi connectivity index (χ0n) is 11.4. The highest BCUT2D eigenvalue weighted by molar-refractivity contribution is 5.85. The Morgan fingerprint density at radius 2 is 2.32 bits per heavy atom. The van der Waals surface area contributed by atoms with Gasteiger partial charge in [0.05, 0.1) is 0 Å². The Morgan fingerprint density at radius 1 is 1.53 bits per heavy atom. The van der Waals surface area contributed by atoms with Crippen LogP contribution in [0.4, 0.5) is 5.95 Å². The number of nitrogens with zero attached hydrogens (tertiary/aromatic N) is 3. The number of aromatic nitrogens is 2. The predicted octanol–water partition coefficient (Wildman–Crippen LogP) is 1.38. The standard InChI is InChI=1S/C13H20N4O2/c1-9-7-11(12(18)19)16-13(15-9)14-8-10-5-3-4-6-17(10)2/h7,10H,3-6,8H2,1-2H3,(H,18,19)(H,14,15,16). The minimum atomic E-state index is -1.02. The lowest BCUT2D eigenvalue weighted by Crippen LogP contribution is -2.41. The molecular formula is C13H20N4O2. The molecule has 19 heavy (non-hydrogen) atoms. The van der Waals surface area contributed by atoms with Gasteiger partial charge in [0.2, 0.25) is 5.95 Å². The summed E-state index contributed by atoms with van der Waals surface area (Å²) in [6, 6.07) is 1.94. The minimum absolute atomic E-state index is 0.0343. The highest BCUT2D eigenvalue weighted by Gasteiger charge is 2.19. The summed E-state index contributed by atoms with van der Waals surface area (Å²) in [4.78, 5) is 21.5. The molecule has 6 nitrogen and oxygen atoms in total. The number of piperidine rings is 1. The summed E-state index contributed by atoms with van der Waals surface area (Å²) in [6.45, 7) is 3.63. The van der Waals surface area contributed by atoms with Gasteiger partial charge in [-0.1, -0.05) is 6.42 Å². The maximum absolute atomic E-state index is 10.9. The lowest BCUT2D eigenvalue weighted by molar-refractivity contribution is 0.0690. The number of carboxylic acid groups (broad SMARTS) is 1. The molecule has 6 heteroatoms. The van der Waals surface area contributed by atoms with Gasteiger partial charge in [-0.2, -0.15) is 0 Å². The molecule has 1 fully saturated rings. The van der Waals surface area contributed by atoms with Gasteiger partial charge in [0.15, 0.2) is 5.69 Å². The van der Waals surface area contributed by atoms with Crippen LogP contribution in [0.2, 0.25) is 0 Å². The molecule has 0 amide bonds. The van der Waals surface area contributed by atoms with E-state index in [1.165, 1.54) is 18.9 Å². The Balaban J connectivity index is 2.00. The third kappa shape index (κ3) is 3.64. The number of aromatic carboxylic acids is 1. The van der Waals surface area contributed by atoms with Crippen molar-refractivity contribution in [2.24, 2.45) is 0 Å². The van der Waals surface area contributed by atoms with E-state index in [0.29, 0.717) is 17.7 Å². The van der Waals surface area contributed by atoms with Crippen LogP contribution < -0.4 is 5.32 Å². The number of hydrogen-bond donors (Lipinski definition) is 2. The van der Waals surface area contributed by atoms with Crippen molar-refractivity contribution in [2.75, 3.05) is 25.5 Å². The number of carbonyl (C=O) groups is 1. The van der Waals surface area contributed by atoms with Crippen LogP contribution in [0.3, 0.4) is 0 Å². The zero-order chi connectivity index (χ0) is 13.8. The van der Waals surface area contributed by atoms with Crippen molar-refractivity contribution >= 4 is 11.9 Å². The molecule has 0 saturated carbocycles. The molecule has 1 aromatic heterocycles. The molecule has 0 radical (unpaired) electrons. The van der Waals surface area contributed by atoms with Gasteiger partial charge in [0.25, 0.3) is 0 Å². The molecule has 1 unspecified atom stereocenters. The second-order valence-corrected chi connectivity index (χ2v) is 5.03. The number of likely N-dealkylation sites (tertiary alicyclic amines) is 1. The highest BCUT2D eigenvalue weighted by Crippen LogP contribution is 2.15. The quantitative estimate of drug-likeness (QED) is 0.855. The molecule has 1 aromatic rings. The summed E-state index contributed by atoms with van der Waals surface area (Å²) in [6.07, 6.45) is 3.64. The fraction of sp³-hybridized carbons (Fsp3) is 0.615. The number of rotatable bonds is 4. The summed E-state index contributed by atoms with van der Waals surface area (Å²) >= 11 is 0. The summed E-state index contributed by atoms with van der Waals surface area (Å²) in [5, 5.41) is 12.1. The monoisotopic (exact) mass is 264 g/mol. The highest BCUT2D eigenvalue weighted by atomic mass is 16.4. The lowest BCUT2D eigenvalue weighted by atomic mass is 10.0. The summed E-state index contributed by atoms with van der Waals surface area (Å²) in [5.41, 5.74) is 0.693. The Bertz CT molecular complexity index is 464. The molecule has 104 valence electrons. The second kappa shape index (κ2) is 5.97. The third-order valence-electron chi connectivity index (χ3n) is 3.49. The average Bonchev–Trinajstić information content (AvgIpc) is 2.37. The average molecular weight is 264 g/mol. The number of carboxylic acids is 1. The van der Waals surface area contributed by atoms with E-state index in [-0.39, 0.29) is 5.69 Å². The molecule has 0 spiro atoms. The first kappa shape index (κ1) is 13.7. The molecule has 0 aromatic carbocycles. The summed E-state index contributed by atoms with van der Waals surface area (Å²) in [5.74, 6) is -0.625. The van der Waals surface area contributed by atoms with Gasteiger partial charge >= 0.3 is 5.97 Å². The zero-order valence-corrected chi connectivity index (χ0v) is 11.4. The third-order valence-corrected chi connectivity index (χ3v) is 3.49. The van der Waals surface area contributed by atoms with Crippen molar-refractivity contribution < 1.29 is 9.90 Å². The molecule has 1 aliphatic heterocycles. The van der Waals surface area contributed by atoms with E-state index in [4.69, 9.17) is 5.11 Å². The van der Waals surface area contributed by atoms with Crippen molar-refractivity contribution in [1.82, 2.24) is 14.9 Å². The van der Waals surface area contributed by atoms with Gasteiger partial charge < -0.3 is 15.3 Å². The Hall–Kier alpha value is -1.69. The smallest absolute Gasteiger partial charge is 0.354 e. The SMILES string of the molecule is Cc1cc(C(=O)O)nc(NCC2CCCCN2C)n1. The molecule has 0 aliphatic carbocycles. The van der Waals surface area contributed by atoms with Crippen LogP contribution in [-0.4, -0.2) is 52.1 Å². The summed E-state index contributed by atoms with van der Waals surface area (Å²) < 4.78 is 0. The number of likely N-dealkylation sites (N-methyl/N-ethyl adjacent to an activating group) is 1. The molecule has 1 aliphatic rings. The van der Waals surface area contributed by atoms with Gasteiger partial charge in [0, 0.05) is 18.3 Å². The Kier molecular flexibility index (Phi) is 4.31. The van der Waals surface area contributed by atoms with Gasteiger partial charge in [-0.25, -0.2) is 14.8 Å².